The highest BCUT2D eigenvalue weighted by Crippen LogP contribution is 2.35. The van der Waals surface area contributed by atoms with Crippen molar-refractivity contribution < 1.29 is 19.3 Å². The van der Waals surface area contributed by atoms with Crippen LogP contribution in [0.25, 0.3) is 0 Å². The van der Waals surface area contributed by atoms with Gasteiger partial charge in [-0.3, -0.25) is 20.2 Å². The second-order valence-corrected chi connectivity index (χ2v) is 4.70. The molecule has 0 aliphatic rings. The summed E-state index contributed by atoms with van der Waals surface area (Å²) in [6.07, 6.45) is 0.165. The van der Waals surface area contributed by atoms with Crippen LogP contribution in [0.15, 0.2) is 36.4 Å². The molecule has 2 aromatic carbocycles. The van der Waals surface area contributed by atoms with E-state index in [1.165, 1.54) is 38.5 Å². The van der Waals surface area contributed by atoms with Crippen molar-refractivity contribution in [2.24, 2.45) is 0 Å². The average Bonchev–Trinajstić information content (AvgIpc) is 2.54. The average molecular weight is 318 g/mol. The predicted molar refractivity (Wildman–Crippen MR) is 82.1 cm³/mol. The fraction of sp³-hybridized carbons (Fsp3) is 0.200. The Kier molecular flexibility index (Phi) is 4.75. The van der Waals surface area contributed by atoms with E-state index in [0.717, 1.165) is 0 Å². The minimum absolute atomic E-state index is 0.0642. The molecular formula is C15H14N2O6. The molecule has 8 heteroatoms. The molecule has 0 aliphatic carbocycles. The lowest BCUT2D eigenvalue weighted by Crippen LogP contribution is -2.00. The molecule has 0 radical (unpaired) electrons. The van der Waals surface area contributed by atoms with Crippen molar-refractivity contribution in [1.82, 2.24) is 0 Å². The highest BCUT2D eigenvalue weighted by atomic mass is 16.6. The van der Waals surface area contributed by atoms with E-state index in [-0.39, 0.29) is 23.5 Å². The minimum Gasteiger partial charge on any atom is -0.493 e. The number of rotatable bonds is 6. The van der Waals surface area contributed by atoms with Crippen LogP contribution in [0.1, 0.15) is 11.1 Å². The maximum atomic E-state index is 11.3. The molecule has 0 saturated heterocycles. The van der Waals surface area contributed by atoms with Gasteiger partial charge in [0, 0.05) is 24.1 Å². The van der Waals surface area contributed by atoms with Crippen LogP contribution in [0.2, 0.25) is 0 Å². The molecule has 8 nitrogen and oxygen atoms in total. The first kappa shape index (κ1) is 16.2. The van der Waals surface area contributed by atoms with Crippen LogP contribution in [-0.4, -0.2) is 24.1 Å². The molecule has 0 heterocycles. The lowest BCUT2D eigenvalue weighted by molar-refractivity contribution is -0.385. The zero-order valence-corrected chi connectivity index (χ0v) is 12.5. The summed E-state index contributed by atoms with van der Waals surface area (Å²) in [5.74, 6) is 0.612. The smallest absolute Gasteiger partial charge is 0.276 e. The van der Waals surface area contributed by atoms with Gasteiger partial charge in [-0.2, -0.15) is 0 Å². The van der Waals surface area contributed by atoms with Crippen molar-refractivity contribution in [2.75, 3.05) is 14.2 Å². The van der Waals surface area contributed by atoms with Gasteiger partial charge in [-0.25, -0.2) is 0 Å². The maximum Gasteiger partial charge on any atom is 0.276 e. The predicted octanol–water partition coefficient (Wildman–Crippen LogP) is 3.11. The highest BCUT2D eigenvalue weighted by Gasteiger charge is 2.20. The molecule has 0 amide bonds. The third-order valence-electron chi connectivity index (χ3n) is 3.30. The Morgan fingerprint density at radius 2 is 1.61 bits per heavy atom. The Morgan fingerprint density at radius 1 is 0.957 bits per heavy atom. The summed E-state index contributed by atoms with van der Waals surface area (Å²) in [6, 6.07) is 8.77. The van der Waals surface area contributed by atoms with E-state index in [1.54, 1.807) is 12.1 Å². The number of hydrogen-bond donors (Lipinski definition) is 0. The van der Waals surface area contributed by atoms with Crippen molar-refractivity contribution in [3.63, 3.8) is 0 Å². The minimum atomic E-state index is -0.519. The SMILES string of the molecule is COc1cc(Cc2cccc([N+](=O)[O-])c2)c([N+](=O)[O-])cc1OC. The molecular weight excluding hydrogens is 304 g/mol. The topological polar surface area (TPSA) is 105 Å². The molecule has 0 atom stereocenters. The van der Waals surface area contributed by atoms with Gasteiger partial charge in [-0.05, 0) is 11.6 Å². The summed E-state index contributed by atoms with van der Waals surface area (Å²) in [5, 5.41) is 22.1. The van der Waals surface area contributed by atoms with Crippen LogP contribution in [0, 0.1) is 20.2 Å². The van der Waals surface area contributed by atoms with Crippen molar-refractivity contribution >= 4 is 11.4 Å². The van der Waals surface area contributed by atoms with Crippen LogP contribution in [-0.2, 0) is 6.42 Å². The van der Waals surface area contributed by atoms with E-state index < -0.39 is 9.85 Å². The third-order valence-corrected chi connectivity index (χ3v) is 3.30. The first-order valence-corrected chi connectivity index (χ1v) is 6.59. The zero-order valence-electron chi connectivity index (χ0n) is 12.5. The molecule has 0 fully saturated rings. The monoisotopic (exact) mass is 318 g/mol. The van der Waals surface area contributed by atoms with Gasteiger partial charge >= 0.3 is 0 Å². The fourth-order valence-corrected chi connectivity index (χ4v) is 2.22. The second-order valence-electron chi connectivity index (χ2n) is 4.70. The number of nitrogens with zero attached hydrogens (tertiary/aromatic N) is 2. The molecule has 0 saturated carbocycles. The van der Waals surface area contributed by atoms with Crippen molar-refractivity contribution in [1.29, 1.82) is 0 Å². The van der Waals surface area contributed by atoms with Crippen LogP contribution < -0.4 is 9.47 Å². The molecule has 120 valence electrons. The van der Waals surface area contributed by atoms with Gasteiger partial charge in [0.1, 0.15) is 0 Å². The lowest BCUT2D eigenvalue weighted by Gasteiger charge is -2.10. The first-order valence-electron chi connectivity index (χ1n) is 6.59. The van der Waals surface area contributed by atoms with E-state index in [2.05, 4.69) is 0 Å². The Hall–Kier alpha value is -3.16. The number of nitro groups is 2. The van der Waals surface area contributed by atoms with Gasteiger partial charge < -0.3 is 9.47 Å². The molecule has 0 unspecified atom stereocenters. The molecule has 0 N–H and O–H groups in total. The highest BCUT2D eigenvalue weighted by molar-refractivity contribution is 5.55. The normalized spacial score (nSPS) is 10.2. The van der Waals surface area contributed by atoms with Gasteiger partial charge in [0.15, 0.2) is 11.5 Å². The zero-order chi connectivity index (χ0) is 17.0. The summed E-state index contributed by atoms with van der Waals surface area (Å²) in [5.41, 5.74) is 0.780. The van der Waals surface area contributed by atoms with Crippen molar-refractivity contribution in [2.45, 2.75) is 6.42 Å². The number of ether oxygens (including phenoxy) is 2. The summed E-state index contributed by atoms with van der Waals surface area (Å²) in [4.78, 5) is 21.1. The van der Waals surface area contributed by atoms with Gasteiger partial charge in [0.25, 0.3) is 11.4 Å². The van der Waals surface area contributed by atoms with Crippen LogP contribution in [0.4, 0.5) is 11.4 Å². The molecule has 0 spiro atoms. The van der Waals surface area contributed by atoms with Crippen molar-refractivity contribution in [3.05, 3.63) is 67.8 Å². The molecule has 23 heavy (non-hydrogen) atoms. The maximum absolute atomic E-state index is 11.3. The summed E-state index contributed by atoms with van der Waals surface area (Å²) in [7, 11) is 2.82. The largest absolute Gasteiger partial charge is 0.493 e. The Morgan fingerprint density at radius 3 is 2.17 bits per heavy atom. The molecule has 2 aromatic rings. The lowest BCUT2D eigenvalue weighted by atomic mass is 10.0. The van der Waals surface area contributed by atoms with Crippen LogP contribution >= 0.6 is 0 Å². The third kappa shape index (κ3) is 3.54. The number of benzene rings is 2. The van der Waals surface area contributed by atoms with Gasteiger partial charge in [-0.15, -0.1) is 0 Å². The quantitative estimate of drug-likeness (QED) is 0.598. The Bertz CT molecular complexity index is 760. The van der Waals surface area contributed by atoms with Crippen LogP contribution in [0.5, 0.6) is 11.5 Å². The molecule has 0 aromatic heterocycles. The fourth-order valence-electron chi connectivity index (χ4n) is 2.22. The van der Waals surface area contributed by atoms with E-state index in [0.29, 0.717) is 16.9 Å². The Balaban J connectivity index is 2.47. The van der Waals surface area contributed by atoms with Gasteiger partial charge in [0.2, 0.25) is 0 Å². The molecule has 2 rings (SSSR count). The van der Waals surface area contributed by atoms with E-state index in [1.807, 2.05) is 0 Å². The van der Waals surface area contributed by atoms with E-state index in [4.69, 9.17) is 9.47 Å². The van der Waals surface area contributed by atoms with E-state index in [9.17, 15) is 20.2 Å². The molecule has 0 aliphatic heterocycles. The summed E-state index contributed by atoms with van der Waals surface area (Å²) >= 11 is 0. The summed E-state index contributed by atoms with van der Waals surface area (Å²) < 4.78 is 10.2. The molecule has 0 bridgehead atoms. The van der Waals surface area contributed by atoms with Crippen molar-refractivity contribution in [3.8, 4) is 11.5 Å². The number of non-ortho nitro benzene ring substituents is 1. The van der Waals surface area contributed by atoms with Crippen LogP contribution in [0.3, 0.4) is 0 Å². The van der Waals surface area contributed by atoms with E-state index >= 15 is 0 Å². The summed E-state index contributed by atoms with van der Waals surface area (Å²) in [6.45, 7) is 0. The van der Waals surface area contributed by atoms with Gasteiger partial charge in [0.05, 0.1) is 30.1 Å². The Labute approximate surface area is 131 Å². The number of nitro benzene ring substituents is 2. The van der Waals surface area contributed by atoms with Gasteiger partial charge in [-0.1, -0.05) is 12.1 Å². The standard InChI is InChI=1S/C15H14N2O6/c1-22-14-8-11(13(17(20)21)9-15(14)23-2)6-10-4-3-5-12(7-10)16(18)19/h3-5,7-9H,6H2,1-2H3. The number of hydrogen-bond acceptors (Lipinski definition) is 6. The number of methoxy groups -OCH3 is 2. The first-order chi connectivity index (χ1) is 11.0. The second kappa shape index (κ2) is 6.73.